The number of nitrogens with zero attached hydrogens (tertiary/aromatic N) is 1. The Morgan fingerprint density at radius 1 is 1.47 bits per heavy atom. The van der Waals surface area contributed by atoms with E-state index >= 15 is 0 Å². The number of rotatable bonds is 4. The average molecular weight is 305 g/mol. The Hall–Kier alpha value is -0.530. The second kappa shape index (κ2) is 7.91. The molecule has 1 aliphatic heterocycles. The fraction of sp³-hybridized carbons (Fsp3) is 0.909. The Morgan fingerprint density at radius 3 is 2.63 bits per heavy atom. The topological polar surface area (TPSA) is 55.6 Å². The zero-order valence-electron chi connectivity index (χ0n) is 10.8. The first kappa shape index (κ1) is 18.5. The molecule has 2 atom stereocenters. The summed E-state index contributed by atoms with van der Waals surface area (Å²) in [6, 6.07) is -0.0965. The molecule has 2 unspecified atom stereocenters. The van der Waals surface area contributed by atoms with Gasteiger partial charge < -0.3 is 15.4 Å². The molecule has 0 aliphatic carbocycles. The monoisotopic (exact) mass is 304 g/mol. The molecule has 19 heavy (non-hydrogen) atoms. The van der Waals surface area contributed by atoms with Gasteiger partial charge in [0.05, 0.1) is 0 Å². The smallest absolute Gasteiger partial charge is 0.362 e. The van der Waals surface area contributed by atoms with Crippen LogP contribution in [-0.4, -0.2) is 49.3 Å². The summed E-state index contributed by atoms with van der Waals surface area (Å²) in [5, 5.41) is 0. The molecule has 0 radical (unpaired) electrons. The maximum Gasteiger partial charge on any atom is 0.411 e. The summed E-state index contributed by atoms with van der Waals surface area (Å²) in [5.74, 6) is -0.142. The number of hydrogen-bond donors (Lipinski definition) is 1. The van der Waals surface area contributed by atoms with Crippen molar-refractivity contribution >= 4 is 18.3 Å². The van der Waals surface area contributed by atoms with Crippen LogP contribution in [0.1, 0.15) is 19.8 Å². The number of carbonyl (C=O) groups excluding carboxylic acids is 1. The Balaban J connectivity index is 0.00000324. The molecular weight excluding hydrogens is 285 g/mol. The Morgan fingerprint density at radius 2 is 2.11 bits per heavy atom. The third kappa shape index (κ3) is 5.97. The summed E-state index contributed by atoms with van der Waals surface area (Å²) in [7, 11) is 0. The molecule has 4 nitrogen and oxygen atoms in total. The van der Waals surface area contributed by atoms with Gasteiger partial charge in [0, 0.05) is 19.1 Å². The second-order valence-electron chi connectivity index (χ2n) is 4.62. The van der Waals surface area contributed by atoms with E-state index in [0.29, 0.717) is 13.1 Å². The number of hydrogen-bond acceptors (Lipinski definition) is 3. The highest BCUT2D eigenvalue weighted by atomic mass is 35.5. The van der Waals surface area contributed by atoms with Crippen LogP contribution in [0.4, 0.5) is 13.2 Å². The molecule has 0 aromatic carbocycles. The molecule has 0 saturated carbocycles. The first-order chi connectivity index (χ1) is 8.35. The molecule has 0 aromatic heterocycles. The van der Waals surface area contributed by atoms with Crippen LogP contribution in [-0.2, 0) is 9.53 Å². The van der Waals surface area contributed by atoms with Crippen molar-refractivity contribution in [2.45, 2.75) is 32.0 Å². The number of likely N-dealkylation sites (tertiary alicyclic amines) is 1. The van der Waals surface area contributed by atoms with Gasteiger partial charge in [-0.15, -0.1) is 12.4 Å². The predicted molar refractivity (Wildman–Crippen MR) is 67.1 cm³/mol. The lowest BCUT2D eigenvalue weighted by Crippen LogP contribution is -2.52. The third-order valence-corrected chi connectivity index (χ3v) is 3.17. The second-order valence-corrected chi connectivity index (χ2v) is 4.62. The highest BCUT2D eigenvalue weighted by Crippen LogP contribution is 2.22. The quantitative estimate of drug-likeness (QED) is 0.858. The summed E-state index contributed by atoms with van der Waals surface area (Å²) in [6.07, 6.45) is -2.57. The average Bonchev–Trinajstić information content (AvgIpc) is 2.26. The van der Waals surface area contributed by atoms with Gasteiger partial charge in [-0.05, 0) is 18.8 Å². The minimum Gasteiger partial charge on any atom is -0.362 e. The molecule has 2 N–H and O–H groups in total. The van der Waals surface area contributed by atoms with E-state index in [9.17, 15) is 18.0 Å². The maximum atomic E-state index is 11.9. The van der Waals surface area contributed by atoms with Crippen LogP contribution in [0.15, 0.2) is 0 Å². The summed E-state index contributed by atoms with van der Waals surface area (Å²) < 4.78 is 40.0. The van der Waals surface area contributed by atoms with Gasteiger partial charge in [-0.3, -0.25) is 4.79 Å². The molecule has 0 bridgehead atoms. The summed E-state index contributed by atoms with van der Waals surface area (Å²) >= 11 is 0. The van der Waals surface area contributed by atoms with Crippen molar-refractivity contribution < 1.29 is 22.7 Å². The number of carbonyl (C=O) groups is 1. The Bertz CT molecular complexity index is 290. The Kier molecular flexibility index (Phi) is 7.69. The maximum absolute atomic E-state index is 11.9. The number of alkyl halides is 3. The van der Waals surface area contributed by atoms with E-state index in [0.717, 1.165) is 12.8 Å². The summed E-state index contributed by atoms with van der Waals surface area (Å²) in [5.41, 5.74) is 5.61. The predicted octanol–water partition coefficient (Wildman–Crippen LogP) is 1.57. The molecule has 1 saturated heterocycles. The van der Waals surface area contributed by atoms with E-state index in [1.807, 2.05) is 6.92 Å². The zero-order valence-corrected chi connectivity index (χ0v) is 11.6. The van der Waals surface area contributed by atoms with Crippen LogP contribution in [0.3, 0.4) is 0 Å². The minimum absolute atomic E-state index is 0. The van der Waals surface area contributed by atoms with Crippen LogP contribution in [0, 0.1) is 5.92 Å². The van der Waals surface area contributed by atoms with Gasteiger partial charge >= 0.3 is 6.18 Å². The number of ether oxygens (including phenoxy) is 1. The third-order valence-electron chi connectivity index (χ3n) is 3.17. The lowest BCUT2D eigenvalue weighted by Gasteiger charge is -2.39. The van der Waals surface area contributed by atoms with Crippen LogP contribution < -0.4 is 5.73 Å². The normalized spacial score (nSPS) is 23.9. The van der Waals surface area contributed by atoms with E-state index in [4.69, 9.17) is 5.73 Å². The van der Waals surface area contributed by atoms with Crippen LogP contribution in [0.2, 0.25) is 0 Å². The lowest BCUT2D eigenvalue weighted by molar-refractivity contribution is -0.178. The molecular formula is C11H20ClF3N2O2. The zero-order chi connectivity index (χ0) is 13.8. The van der Waals surface area contributed by atoms with Gasteiger partial charge in [0.25, 0.3) is 0 Å². The van der Waals surface area contributed by atoms with Gasteiger partial charge in [0.15, 0.2) is 0 Å². The number of halogens is 4. The van der Waals surface area contributed by atoms with Crippen LogP contribution in [0.25, 0.3) is 0 Å². The lowest BCUT2D eigenvalue weighted by atomic mass is 9.91. The minimum atomic E-state index is -4.40. The molecule has 114 valence electrons. The van der Waals surface area contributed by atoms with Gasteiger partial charge in [-0.2, -0.15) is 13.2 Å². The van der Waals surface area contributed by atoms with Gasteiger partial charge in [-0.1, -0.05) is 6.92 Å². The van der Waals surface area contributed by atoms with E-state index in [-0.39, 0.29) is 24.4 Å². The molecule has 1 rings (SSSR count). The fourth-order valence-corrected chi connectivity index (χ4v) is 2.26. The molecule has 1 heterocycles. The van der Waals surface area contributed by atoms with Crippen molar-refractivity contribution in [3.8, 4) is 0 Å². The van der Waals surface area contributed by atoms with E-state index in [1.54, 1.807) is 4.90 Å². The SMILES string of the molecule is CC1CCCN(C(=O)COCC(F)(F)F)C1CN.Cl. The number of amides is 1. The largest absolute Gasteiger partial charge is 0.411 e. The van der Waals surface area contributed by atoms with Crippen molar-refractivity contribution in [3.05, 3.63) is 0 Å². The van der Waals surface area contributed by atoms with E-state index in [2.05, 4.69) is 4.74 Å². The highest BCUT2D eigenvalue weighted by molar-refractivity contribution is 5.85. The molecule has 0 aromatic rings. The van der Waals surface area contributed by atoms with E-state index < -0.39 is 25.3 Å². The standard InChI is InChI=1S/C11H19F3N2O2.ClH/c1-8-3-2-4-16(9(8)5-15)10(17)6-18-7-11(12,13)14;/h8-9H,2-7,15H2,1H3;1H. The van der Waals surface area contributed by atoms with Crippen molar-refractivity contribution in [3.63, 3.8) is 0 Å². The van der Waals surface area contributed by atoms with Crippen LogP contribution in [0.5, 0.6) is 0 Å². The summed E-state index contributed by atoms with van der Waals surface area (Å²) in [4.78, 5) is 13.3. The Labute approximate surface area is 116 Å². The first-order valence-electron chi connectivity index (χ1n) is 5.99. The van der Waals surface area contributed by atoms with Gasteiger partial charge in [0.1, 0.15) is 13.2 Å². The van der Waals surface area contributed by atoms with Crippen molar-refractivity contribution in [2.24, 2.45) is 11.7 Å². The van der Waals surface area contributed by atoms with Gasteiger partial charge in [-0.25, -0.2) is 0 Å². The highest BCUT2D eigenvalue weighted by Gasteiger charge is 2.32. The molecule has 1 fully saturated rings. The van der Waals surface area contributed by atoms with Crippen molar-refractivity contribution in [1.29, 1.82) is 0 Å². The number of nitrogens with two attached hydrogens (primary N) is 1. The van der Waals surface area contributed by atoms with E-state index in [1.165, 1.54) is 0 Å². The first-order valence-corrected chi connectivity index (χ1v) is 5.99. The van der Waals surface area contributed by atoms with Gasteiger partial charge in [0.2, 0.25) is 5.91 Å². The molecule has 8 heteroatoms. The fourth-order valence-electron chi connectivity index (χ4n) is 2.26. The van der Waals surface area contributed by atoms with Crippen molar-refractivity contribution in [2.75, 3.05) is 26.3 Å². The summed E-state index contributed by atoms with van der Waals surface area (Å²) in [6.45, 7) is 0.929. The van der Waals surface area contributed by atoms with Crippen LogP contribution >= 0.6 is 12.4 Å². The molecule has 0 spiro atoms. The van der Waals surface area contributed by atoms with Crippen molar-refractivity contribution in [1.82, 2.24) is 4.90 Å². The number of piperidine rings is 1. The molecule has 1 aliphatic rings. The molecule has 1 amide bonds.